The summed E-state index contributed by atoms with van der Waals surface area (Å²) in [7, 11) is 0. The van der Waals surface area contributed by atoms with Crippen molar-refractivity contribution in [2.75, 3.05) is 6.61 Å². The molecule has 0 fully saturated rings. The lowest BCUT2D eigenvalue weighted by molar-refractivity contribution is -0.384. The van der Waals surface area contributed by atoms with Crippen LogP contribution in [0.5, 0.6) is 5.75 Å². The molecule has 104 valence electrons. The fourth-order valence-electron chi connectivity index (χ4n) is 1.12. The highest BCUT2D eigenvalue weighted by atomic mass is 16.7. The Balaban J connectivity index is 2.46. The van der Waals surface area contributed by atoms with E-state index >= 15 is 0 Å². The van der Waals surface area contributed by atoms with Gasteiger partial charge in [0.2, 0.25) is 0 Å². The van der Waals surface area contributed by atoms with Gasteiger partial charge in [0, 0.05) is 18.2 Å². The molecule has 1 aromatic carbocycles. The smallest absolute Gasteiger partial charge is 0.432 e. The minimum absolute atomic E-state index is 0.0590. The van der Waals surface area contributed by atoms with E-state index in [1.165, 1.54) is 24.3 Å². The molecule has 0 saturated carbocycles. The number of nitro groups is 1. The van der Waals surface area contributed by atoms with Crippen LogP contribution in [0.4, 0.5) is 10.5 Å². The van der Waals surface area contributed by atoms with Crippen molar-refractivity contribution in [3.8, 4) is 5.75 Å². The van der Waals surface area contributed by atoms with E-state index in [4.69, 9.17) is 15.2 Å². The van der Waals surface area contributed by atoms with Gasteiger partial charge in [-0.05, 0) is 18.1 Å². The van der Waals surface area contributed by atoms with Crippen LogP contribution in [0.2, 0.25) is 0 Å². The molecule has 0 spiro atoms. The third-order valence-electron chi connectivity index (χ3n) is 2.50. The van der Waals surface area contributed by atoms with Crippen LogP contribution in [0, 0.1) is 16.0 Å². The van der Waals surface area contributed by atoms with E-state index in [1.807, 2.05) is 13.8 Å². The van der Waals surface area contributed by atoms with Gasteiger partial charge < -0.3 is 15.2 Å². The summed E-state index contributed by atoms with van der Waals surface area (Å²) in [6.45, 7) is 3.88. The van der Waals surface area contributed by atoms with Crippen LogP contribution in [0.3, 0.4) is 0 Å². The summed E-state index contributed by atoms with van der Waals surface area (Å²) in [5.41, 5.74) is 5.62. The first-order chi connectivity index (χ1) is 8.90. The second-order valence-electron chi connectivity index (χ2n) is 4.32. The summed E-state index contributed by atoms with van der Waals surface area (Å²) >= 11 is 0. The van der Waals surface area contributed by atoms with Gasteiger partial charge in [-0.3, -0.25) is 10.1 Å². The molecule has 1 rings (SSSR count). The third-order valence-corrected chi connectivity index (χ3v) is 2.50. The van der Waals surface area contributed by atoms with Crippen LogP contribution in [0.25, 0.3) is 0 Å². The zero-order valence-corrected chi connectivity index (χ0v) is 10.7. The fraction of sp³-hybridized carbons (Fsp3) is 0.417. The van der Waals surface area contributed by atoms with E-state index in [9.17, 15) is 14.9 Å². The lowest BCUT2D eigenvalue weighted by atomic mass is 10.1. The first-order valence-electron chi connectivity index (χ1n) is 5.74. The maximum Gasteiger partial charge on any atom is 0.513 e. The number of nitro benzene ring substituents is 1. The van der Waals surface area contributed by atoms with Crippen LogP contribution < -0.4 is 10.5 Å². The van der Waals surface area contributed by atoms with Crippen molar-refractivity contribution < 1.29 is 19.2 Å². The van der Waals surface area contributed by atoms with Gasteiger partial charge in [-0.2, -0.15) is 0 Å². The first-order valence-corrected chi connectivity index (χ1v) is 5.74. The molecule has 0 radical (unpaired) electrons. The average molecular weight is 268 g/mol. The molecule has 0 aliphatic rings. The second kappa shape index (κ2) is 6.69. The summed E-state index contributed by atoms with van der Waals surface area (Å²) < 4.78 is 9.67. The fourth-order valence-corrected chi connectivity index (χ4v) is 1.12. The molecule has 0 aromatic heterocycles. The van der Waals surface area contributed by atoms with Crippen molar-refractivity contribution in [3.63, 3.8) is 0 Å². The Labute approximate surface area is 110 Å². The largest absolute Gasteiger partial charge is 0.513 e. The number of hydrogen-bond donors (Lipinski definition) is 1. The number of carbonyl (C=O) groups is 1. The van der Waals surface area contributed by atoms with Gasteiger partial charge in [0.1, 0.15) is 12.4 Å². The summed E-state index contributed by atoms with van der Waals surface area (Å²) in [5.74, 6) is 0.362. The molecule has 0 aliphatic heterocycles. The Kier molecular flexibility index (Phi) is 5.25. The normalized spacial score (nSPS) is 12.0. The van der Waals surface area contributed by atoms with Gasteiger partial charge in [-0.1, -0.05) is 13.8 Å². The minimum Gasteiger partial charge on any atom is -0.432 e. The van der Waals surface area contributed by atoms with Gasteiger partial charge in [0.15, 0.2) is 0 Å². The number of carbonyl (C=O) groups excluding carboxylic acids is 1. The monoisotopic (exact) mass is 268 g/mol. The van der Waals surface area contributed by atoms with Crippen molar-refractivity contribution in [1.29, 1.82) is 0 Å². The zero-order valence-electron chi connectivity index (χ0n) is 10.7. The van der Waals surface area contributed by atoms with Crippen molar-refractivity contribution >= 4 is 11.8 Å². The summed E-state index contributed by atoms with van der Waals surface area (Å²) in [6, 6.07) is 4.86. The van der Waals surface area contributed by atoms with E-state index in [0.29, 0.717) is 0 Å². The zero-order chi connectivity index (χ0) is 14.4. The Morgan fingerprint density at radius 1 is 1.37 bits per heavy atom. The average Bonchev–Trinajstić information content (AvgIpc) is 2.36. The molecule has 0 bridgehead atoms. The summed E-state index contributed by atoms with van der Waals surface area (Å²) in [4.78, 5) is 21.2. The summed E-state index contributed by atoms with van der Waals surface area (Å²) in [6.07, 6.45) is -0.884. The molecule has 19 heavy (non-hydrogen) atoms. The van der Waals surface area contributed by atoms with E-state index < -0.39 is 11.1 Å². The molecular weight excluding hydrogens is 252 g/mol. The maximum atomic E-state index is 11.3. The van der Waals surface area contributed by atoms with E-state index in [0.717, 1.165) is 0 Å². The number of nitrogens with zero attached hydrogens (tertiary/aromatic N) is 1. The molecule has 7 heteroatoms. The lowest BCUT2D eigenvalue weighted by Gasteiger charge is -2.15. The van der Waals surface area contributed by atoms with E-state index in [2.05, 4.69) is 0 Å². The van der Waals surface area contributed by atoms with Crippen LogP contribution in [-0.4, -0.2) is 23.7 Å². The Hall–Kier alpha value is -2.15. The molecule has 0 saturated heterocycles. The number of nitrogens with two attached hydrogens (primary N) is 1. The number of ether oxygens (including phenoxy) is 2. The number of hydrogen-bond acceptors (Lipinski definition) is 6. The van der Waals surface area contributed by atoms with Crippen molar-refractivity contribution in [3.05, 3.63) is 34.4 Å². The number of non-ortho nitro benzene ring substituents is 1. The highest BCUT2D eigenvalue weighted by molar-refractivity contribution is 5.64. The van der Waals surface area contributed by atoms with Gasteiger partial charge in [0.05, 0.1) is 4.92 Å². The van der Waals surface area contributed by atoms with Gasteiger partial charge in [-0.15, -0.1) is 0 Å². The number of benzene rings is 1. The standard InChI is InChI=1S/C12H16N2O5/c1-8(2)11(13)7-18-12(15)19-10-5-3-9(4-6-10)14(16)17/h3-6,8,11H,7,13H2,1-2H3/t11-/m0/s1. The highest BCUT2D eigenvalue weighted by Gasteiger charge is 2.13. The minimum atomic E-state index is -0.884. The molecular formula is C12H16N2O5. The van der Waals surface area contributed by atoms with Gasteiger partial charge >= 0.3 is 6.16 Å². The molecule has 0 aliphatic carbocycles. The Bertz CT molecular complexity index is 444. The molecule has 0 amide bonds. The Morgan fingerprint density at radius 2 is 1.95 bits per heavy atom. The molecule has 2 N–H and O–H groups in total. The maximum absolute atomic E-state index is 11.3. The number of rotatable bonds is 5. The topological polar surface area (TPSA) is 105 Å². The molecule has 0 heterocycles. The predicted molar refractivity (Wildman–Crippen MR) is 67.9 cm³/mol. The molecule has 1 atom stereocenters. The quantitative estimate of drug-likeness (QED) is 0.379. The SMILES string of the molecule is CC(C)[C@@H](N)COC(=O)Oc1ccc([N+](=O)[O-])cc1. The predicted octanol–water partition coefficient (Wildman–Crippen LogP) is 2.09. The molecule has 1 aromatic rings. The third kappa shape index (κ3) is 4.92. The van der Waals surface area contributed by atoms with Crippen molar-refractivity contribution in [2.45, 2.75) is 19.9 Å². The Morgan fingerprint density at radius 3 is 2.42 bits per heavy atom. The van der Waals surface area contributed by atoms with Crippen LogP contribution in [-0.2, 0) is 4.74 Å². The van der Waals surface area contributed by atoms with Gasteiger partial charge in [0.25, 0.3) is 5.69 Å². The lowest BCUT2D eigenvalue weighted by Crippen LogP contribution is -2.33. The highest BCUT2D eigenvalue weighted by Crippen LogP contribution is 2.17. The van der Waals surface area contributed by atoms with E-state index in [1.54, 1.807) is 0 Å². The van der Waals surface area contributed by atoms with Crippen molar-refractivity contribution in [2.24, 2.45) is 11.7 Å². The molecule has 0 unspecified atom stereocenters. The van der Waals surface area contributed by atoms with E-state index in [-0.39, 0.29) is 30.0 Å². The second-order valence-corrected chi connectivity index (χ2v) is 4.32. The van der Waals surface area contributed by atoms with Crippen LogP contribution >= 0.6 is 0 Å². The summed E-state index contributed by atoms with van der Waals surface area (Å²) in [5, 5.41) is 10.4. The van der Waals surface area contributed by atoms with Crippen molar-refractivity contribution in [1.82, 2.24) is 0 Å². The molecule has 7 nitrogen and oxygen atoms in total. The van der Waals surface area contributed by atoms with Gasteiger partial charge in [-0.25, -0.2) is 4.79 Å². The first kappa shape index (κ1) is 14.9. The van der Waals surface area contributed by atoms with Crippen LogP contribution in [0.15, 0.2) is 24.3 Å². The van der Waals surface area contributed by atoms with Crippen LogP contribution in [0.1, 0.15) is 13.8 Å².